The van der Waals surface area contributed by atoms with Crippen molar-refractivity contribution in [3.8, 4) is 0 Å². The van der Waals surface area contributed by atoms with Crippen LogP contribution >= 0.6 is 35.0 Å². The molecule has 0 aromatic carbocycles. The second-order valence-corrected chi connectivity index (χ2v) is 7.79. The van der Waals surface area contributed by atoms with Gasteiger partial charge in [0.25, 0.3) is 5.91 Å². The lowest BCUT2D eigenvalue weighted by molar-refractivity contribution is -0.125. The van der Waals surface area contributed by atoms with Gasteiger partial charge in [-0.2, -0.15) is 0 Å². The molecular formula is C14H17Cl2N3O2S. The van der Waals surface area contributed by atoms with Crippen LogP contribution in [0.2, 0.25) is 10.2 Å². The number of amides is 2. The van der Waals surface area contributed by atoms with E-state index in [1.165, 1.54) is 28.8 Å². The maximum Gasteiger partial charge on any atom is 0.275 e. The minimum atomic E-state index is -0.534. The fourth-order valence-electron chi connectivity index (χ4n) is 2.02. The number of rotatable bonds is 2. The largest absolute Gasteiger partial charge is 0.350 e. The number of carbonyl (C=O) groups is 2. The molecule has 1 aromatic rings. The average Bonchev–Trinajstić information content (AvgIpc) is 2.88. The van der Waals surface area contributed by atoms with E-state index in [0.29, 0.717) is 11.6 Å². The van der Waals surface area contributed by atoms with E-state index < -0.39 is 6.04 Å². The molecule has 1 unspecified atom stereocenters. The Morgan fingerprint density at radius 2 is 2.05 bits per heavy atom. The van der Waals surface area contributed by atoms with Gasteiger partial charge in [-0.25, -0.2) is 4.98 Å². The molecule has 1 saturated heterocycles. The van der Waals surface area contributed by atoms with Crippen LogP contribution < -0.4 is 5.32 Å². The van der Waals surface area contributed by atoms with Crippen LogP contribution in [-0.4, -0.2) is 44.9 Å². The summed E-state index contributed by atoms with van der Waals surface area (Å²) in [5, 5.41) is 3.31. The van der Waals surface area contributed by atoms with Crippen LogP contribution in [0.1, 0.15) is 31.3 Å². The van der Waals surface area contributed by atoms with Crippen molar-refractivity contribution in [1.82, 2.24) is 15.2 Å². The second kappa shape index (κ2) is 6.64. The number of carbonyl (C=O) groups excluding carboxylic acids is 2. The first-order chi connectivity index (χ1) is 10.2. The highest BCUT2D eigenvalue weighted by Gasteiger charge is 2.37. The number of pyridine rings is 1. The smallest absolute Gasteiger partial charge is 0.275 e. The van der Waals surface area contributed by atoms with Crippen molar-refractivity contribution in [3.63, 3.8) is 0 Å². The Kier molecular flexibility index (Phi) is 5.25. The Labute approximate surface area is 143 Å². The van der Waals surface area contributed by atoms with Gasteiger partial charge in [-0.3, -0.25) is 9.59 Å². The number of halogens is 2. The highest BCUT2D eigenvalue weighted by molar-refractivity contribution is 7.99. The molecule has 2 rings (SSSR count). The van der Waals surface area contributed by atoms with Crippen molar-refractivity contribution >= 4 is 46.8 Å². The molecule has 2 heterocycles. The van der Waals surface area contributed by atoms with E-state index in [-0.39, 0.29) is 33.2 Å². The summed E-state index contributed by atoms with van der Waals surface area (Å²) in [5.41, 5.74) is -0.282. The van der Waals surface area contributed by atoms with Gasteiger partial charge in [0.15, 0.2) is 0 Å². The molecule has 2 amide bonds. The van der Waals surface area contributed by atoms with Crippen molar-refractivity contribution in [3.05, 3.63) is 28.0 Å². The van der Waals surface area contributed by atoms with Crippen LogP contribution in [0.25, 0.3) is 0 Å². The molecule has 8 heteroatoms. The van der Waals surface area contributed by atoms with E-state index in [9.17, 15) is 9.59 Å². The molecule has 0 saturated carbocycles. The standard InChI is InChI=1S/C14H17Cl2N3O2S/c1-14(2,3)18-12(20)9-6-22-7-19(9)13(21)11-8(15)4-5-10(16)17-11/h4-5,9H,6-7H2,1-3H3,(H,18,20). The van der Waals surface area contributed by atoms with Gasteiger partial charge in [0.2, 0.25) is 5.91 Å². The zero-order valence-corrected chi connectivity index (χ0v) is 14.8. The van der Waals surface area contributed by atoms with Crippen molar-refractivity contribution in [2.75, 3.05) is 11.6 Å². The molecule has 1 atom stereocenters. The molecule has 1 fully saturated rings. The number of hydrogen-bond acceptors (Lipinski definition) is 4. The number of nitrogens with zero attached hydrogens (tertiary/aromatic N) is 2. The second-order valence-electron chi connectivity index (χ2n) is 5.99. The van der Waals surface area contributed by atoms with Crippen LogP contribution in [-0.2, 0) is 4.79 Å². The number of thioether (sulfide) groups is 1. The molecule has 0 spiro atoms. The normalized spacial score (nSPS) is 18.4. The van der Waals surface area contributed by atoms with Gasteiger partial charge in [0.1, 0.15) is 16.9 Å². The SMILES string of the molecule is CC(C)(C)NC(=O)C1CSCN1C(=O)c1nc(Cl)ccc1Cl. The molecule has 0 aliphatic carbocycles. The van der Waals surface area contributed by atoms with Crippen molar-refractivity contribution in [2.45, 2.75) is 32.4 Å². The zero-order chi connectivity index (χ0) is 16.5. The van der Waals surface area contributed by atoms with E-state index in [0.717, 1.165) is 0 Å². The van der Waals surface area contributed by atoms with Gasteiger partial charge in [0.05, 0.1) is 10.9 Å². The van der Waals surface area contributed by atoms with Gasteiger partial charge in [-0.15, -0.1) is 11.8 Å². The first-order valence-corrected chi connectivity index (χ1v) is 8.63. The Bertz CT molecular complexity index is 604. The molecule has 0 radical (unpaired) electrons. The van der Waals surface area contributed by atoms with Crippen LogP contribution in [0.5, 0.6) is 0 Å². The minimum absolute atomic E-state index is 0.0743. The summed E-state index contributed by atoms with van der Waals surface area (Å²) in [7, 11) is 0. The van der Waals surface area contributed by atoms with Gasteiger partial charge in [0, 0.05) is 11.3 Å². The van der Waals surface area contributed by atoms with Crippen LogP contribution in [0.15, 0.2) is 12.1 Å². The summed E-state index contributed by atoms with van der Waals surface area (Å²) in [6.07, 6.45) is 0. The summed E-state index contributed by atoms with van der Waals surface area (Å²) < 4.78 is 0. The fraction of sp³-hybridized carbons (Fsp3) is 0.500. The number of hydrogen-bond donors (Lipinski definition) is 1. The average molecular weight is 362 g/mol. The Morgan fingerprint density at radius 1 is 1.36 bits per heavy atom. The molecule has 1 aromatic heterocycles. The van der Waals surface area contributed by atoms with Crippen molar-refractivity contribution in [2.24, 2.45) is 0 Å². The first kappa shape index (κ1) is 17.4. The molecule has 120 valence electrons. The topological polar surface area (TPSA) is 62.3 Å². The molecule has 1 aliphatic rings. The molecule has 1 N–H and O–H groups in total. The highest BCUT2D eigenvalue weighted by Crippen LogP contribution is 2.26. The minimum Gasteiger partial charge on any atom is -0.350 e. The maximum atomic E-state index is 12.6. The summed E-state index contributed by atoms with van der Waals surface area (Å²) >= 11 is 13.4. The lowest BCUT2D eigenvalue weighted by Gasteiger charge is -2.27. The Balaban J connectivity index is 2.21. The Morgan fingerprint density at radius 3 is 2.68 bits per heavy atom. The third-order valence-electron chi connectivity index (χ3n) is 2.96. The van der Waals surface area contributed by atoms with Crippen molar-refractivity contribution in [1.29, 1.82) is 0 Å². The Hall–Kier alpha value is -0.980. The molecule has 1 aliphatic heterocycles. The van der Waals surface area contributed by atoms with Gasteiger partial charge < -0.3 is 10.2 Å². The predicted molar refractivity (Wildman–Crippen MR) is 89.4 cm³/mol. The summed E-state index contributed by atoms with van der Waals surface area (Å²) in [4.78, 5) is 30.5. The third kappa shape index (κ3) is 4.06. The van der Waals surface area contributed by atoms with E-state index in [1.54, 1.807) is 0 Å². The molecular weight excluding hydrogens is 345 g/mol. The maximum absolute atomic E-state index is 12.6. The van der Waals surface area contributed by atoms with Gasteiger partial charge >= 0.3 is 0 Å². The van der Waals surface area contributed by atoms with E-state index in [2.05, 4.69) is 10.3 Å². The van der Waals surface area contributed by atoms with E-state index in [1.807, 2.05) is 20.8 Å². The first-order valence-electron chi connectivity index (χ1n) is 6.72. The van der Waals surface area contributed by atoms with Crippen LogP contribution in [0.4, 0.5) is 0 Å². The lowest BCUT2D eigenvalue weighted by atomic mass is 10.1. The van der Waals surface area contributed by atoms with Crippen molar-refractivity contribution < 1.29 is 9.59 Å². The third-order valence-corrected chi connectivity index (χ3v) is 4.49. The molecule has 5 nitrogen and oxygen atoms in total. The van der Waals surface area contributed by atoms with E-state index in [4.69, 9.17) is 23.2 Å². The number of aromatic nitrogens is 1. The summed E-state index contributed by atoms with van der Waals surface area (Å²) in [6.45, 7) is 5.69. The van der Waals surface area contributed by atoms with Crippen LogP contribution in [0, 0.1) is 0 Å². The van der Waals surface area contributed by atoms with Gasteiger partial charge in [-0.1, -0.05) is 23.2 Å². The molecule has 22 heavy (non-hydrogen) atoms. The monoisotopic (exact) mass is 361 g/mol. The summed E-state index contributed by atoms with van der Waals surface area (Å²) in [5.74, 6) is 0.410. The zero-order valence-electron chi connectivity index (χ0n) is 12.5. The number of nitrogens with one attached hydrogen (secondary N) is 1. The van der Waals surface area contributed by atoms with Gasteiger partial charge in [-0.05, 0) is 32.9 Å². The summed E-state index contributed by atoms with van der Waals surface area (Å²) in [6, 6.07) is 2.51. The molecule has 0 bridgehead atoms. The lowest BCUT2D eigenvalue weighted by Crippen LogP contribution is -2.52. The van der Waals surface area contributed by atoms with Crippen LogP contribution in [0.3, 0.4) is 0 Å². The highest BCUT2D eigenvalue weighted by atomic mass is 35.5. The van der Waals surface area contributed by atoms with E-state index >= 15 is 0 Å². The fourth-order valence-corrected chi connectivity index (χ4v) is 3.50. The quantitative estimate of drug-likeness (QED) is 0.822. The predicted octanol–water partition coefficient (Wildman–Crippen LogP) is 2.82.